The van der Waals surface area contributed by atoms with Gasteiger partial charge in [-0.05, 0) is 34.6 Å². The van der Waals surface area contributed by atoms with Gasteiger partial charge in [-0.25, -0.2) is 14.3 Å². The van der Waals surface area contributed by atoms with E-state index in [0.29, 0.717) is 11.1 Å². The number of carbonyl (C=O) groups excluding carboxylic acids is 1. The molecule has 2 unspecified atom stereocenters. The average molecular weight is 650 g/mol. The normalized spacial score (nSPS) is 19.4. The largest absolute Gasteiger partial charge is 0.508 e. The van der Waals surface area contributed by atoms with Gasteiger partial charge < -0.3 is 23.3 Å². The van der Waals surface area contributed by atoms with Gasteiger partial charge in [-0.2, -0.15) is 5.26 Å². The third-order valence-electron chi connectivity index (χ3n) is 7.01. The molecule has 2 heterocycles. The maximum atomic E-state index is 12.7. The third-order valence-corrected chi connectivity index (χ3v) is 9.16. The lowest BCUT2D eigenvalue weighted by molar-refractivity contribution is -0.385. The number of nitriles is 1. The lowest BCUT2D eigenvalue weighted by Crippen LogP contribution is -2.37. The molecule has 2 aromatic rings. The average Bonchev–Trinajstić information content (AvgIpc) is 3.38. The summed E-state index contributed by atoms with van der Waals surface area (Å²) in [5, 5.41) is 20.4. The Hall–Kier alpha value is -3.67. The Morgan fingerprint density at radius 3 is 2.56 bits per heavy atom. The van der Waals surface area contributed by atoms with Gasteiger partial charge in [0.05, 0.1) is 30.1 Å². The van der Waals surface area contributed by atoms with Crippen molar-refractivity contribution >= 4 is 20.4 Å². The number of rotatable bonds is 15. The Morgan fingerprint density at radius 1 is 1.22 bits per heavy atom. The Kier molecular flexibility index (Phi) is 13.2. The number of hydrogen-bond donors (Lipinski definition) is 1. The first-order valence-electron chi connectivity index (χ1n) is 14.6. The van der Waals surface area contributed by atoms with Crippen LogP contribution in [0.3, 0.4) is 0 Å². The minimum Gasteiger partial charge on any atom is -0.434 e. The van der Waals surface area contributed by atoms with Crippen molar-refractivity contribution in [1.29, 1.82) is 5.26 Å². The summed E-state index contributed by atoms with van der Waals surface area (Å²) in [6.07, 6.45) is -1.74. The highest BCUT2D eigenvalue weighted by atomic mass is 31.2. The molecule has 1 N–H and O–H groups in total. The molecule has 15 nitrogen and oxygen atoms in total. The number of hydrogen-bond acceptors (Lipinski definition) is 12. The van der Waals surface area contributed by atoms with Gasteiger partial charge in [0.2, 0.25) is 0 Å². The topological polar surface area (TPSA) is 188 Å². The van der Waals surface area contributed by atoms with E-state index >= 15 is 0 Å². The molecule has 0 amide bonds. The second-order valence-corrected chi connectivity index (χ2v) is 12.5. The summed E-state index contributed by atoms with van der Waals surface area (Å²) in [5.74, 6) is -0.482. The SMILES string of the molecule is Cc1cn([C@H]2C[C@H](OP(OCCC#N)N(C(C)C)C(C)C)[C@@H](COC(=O)OCC(C)c3ccccc3[N+](=O)[O-])O2)c(=O)[nH]c1=O. The van der Waals surface area contributed by atoms with Gasteiger partial charge >= 0.3 is 11.8 Å². The molecule has 246 valence electrons. The van der Waals surface area contributed by atoms with Crippen molar-refractivity contribution in [2.24, 2.45) is 0 Å². The quantitative estimate of drug-likeness (QED) is 0.0925. The maximum Gasteiger partial charge on any atom is 0.508 e. The van der Waals surface area contributed by atoms with Crippen molar-refractivity contribution < 1.29 is 33.0 Å². The van der Waals surface area contributed by atoms with Gasteiger partial charge in [-0.1, -0.05) is 25.1 Å². The van der Waals surface area contributed by atoms with Gasteiger partial charge in [0.15, 0.2) is 0 Å². The summed E-state index contributed by atoms with van der Waals surface area (Å²) < 4.78 is 32.6. The zero-order valence-corrected chi connectivity index (χ0v) is 27.1. The van der Waals surface area contributed by atoms with Crippen LogP contribution in [0.1, 0.15) is 70.7 Å². The predicted molar refractivity (Wildman–Crippen MR) is 163 cm³/mol. The molecular weight excluding hydrogens is 609 g/mol. The van der Waals surface area contributed by atoms with Crippen LogP contribution in [0.4, 0.5) is 10.5 Å². The van der Waals surface area contributed by atoms with Crippen molar-refractivity contribution in [3.63, 3.8) is 0 Å². The van der Waals surface area contributed by atoms with Gasteiger partial charge in [-0.3, -0.25) is 24.5 Å². The van der Waals surface area contributed by atoms with Crippen LogP contribution in [-0.4, -0.2) is 69.4 Å². The van der Waals surface area contributed by atoms with E-state index in [9.17, 15) is 24.5 Å². The van der Waals surface area contributed by atoms with Crippen LogP contribution in [0, 0.1) is 28.4 Å². The minimum atomic E-state index is -1.70. The minimum absolute atomic E-state index is 0.0212. The molecule has 1 aromatic heterocycles. The Labute approximate surface area is 262 Å². The zero-order valence-electron chi connectivity index (χ0n) is 26.2. The smallest absolute Gasteiger partial charge is 0.434 e. The maximum absolute atomic E-state index is 12.7. The van der Waals surface area contributed by atoms with Crippen molar-refractivity contribution in [3.05, 3.63) is 72.5 Å². The summed E-state index contributed by atoms with van der Waals surface area (Å²) in [6.45, 7) is 10.9. The number of benzene rings is 1. The number of nitro benzene ring substituents is 1. The van der Waals surface area contributed by atoms with Crippen LogP contribution in [0.25, 0.3) is 0 Å². The highest BCUT2D eigenvalue weighted by Gasteiger charge is 2.42. The first-order chi connectivity index (χ1) is 21.3. The first kappa shape index (κ1) is 35.8. The van der Waals surface area contributed by atoms with Crippen molar-refractivity contribution in [2.75, 3.05) is 19.8 Å². The first-order valence-corrected chi connectivity index (χ1v) is 15.7. The lowest BCUT2D eigenvalue weighted by Gasteiger charge is -2.37. The number of nitrogens with zero attached hydrogens (tertiary/aromatic N) is 4. The van der Waals surface area contributed by atoms with E-state index in [1.54, 1.807) is 32.0 Å². The molecule has 1 aromatic carbocycles. The number of aromatic amines is 1. The molecule has 0 saturated carbocycles. The molecule has 1 aliphatic heterocycles. The van der Waals surface area contributed by atoms with Crippen LogP contribution in [0.5, 0.6) is 0 Å². The summed E-state index contributed by atoms with van der Waals surface area (Å²) in [5.41, 5.74) is -0.543. The number of H-pyrrole nitrogens is 1. The summed E-state index contributed by atoms with van der Waals surface area (Å²) >= 11 is 0. The van der Waals surface area contributed by atoms with Crippen molar-refractivity contribution in [2.45, 2.75) is 90.8 Å². The van der Waals surface area contributed by atoms with Crippen LogP contribution in [-0.2, 0) is 23.3 Å². The second kappa shape index (κ2) is 16.6. The molecule has 16 heteroatoms. The molecule has 0 aliphatic carbocycles. The molecule has 1 saturated heterocycles. The highest BCUT2D eigenvalue weighted by molar-refractivity contribution is 7.44. The van der Waals surface area contributed by atoms with Crippen LogP contribution in [0.15, 0.2) is 40.1 Å². The second-order valence-electron chi connectivity index (χ2n) is 11.1. The molecule has 1 aliphatic rings. The number of aryl methyl sites for hydroxylation is 1. The number of para-hydroxylation sites is 1. The molecule has 5 atom stereocenters. The van der Waals surface area contributed by atoms with Gasteiger partial charge in [0.25, 0.3) is 19.8 Å². The molecule has 0 spiro atoms. The van der Waals surface area contributed by atoms with E-state index in [4.69, 9.17) is 28.5 Å². The fourth-order valence-corrected chi connectivity index (χ4v) is 6.65. The summed E-state index contributed by atoms with van der Waals surface area (Å²) in [4.78, 5) is 50.4. The fourth-order valence-electron chi connectivity index (χ4n) is 4.89. The number of nitrogens with one attached hydrogen (secondary N) is 1. The zero-order chi connectivity index (χ0) is 33.3. The van der Waals surface area contributed by atoms with E-state index in [1.165, 1.54) is 16.8 Å². The molecule has 0 bridgehead atoms. The highest BCUT2D eigenvalue weighted by Crippen LogP contribution is 2.50. The van der Waals surface area contributed by atoms with Crippen molar-refractivity contribution in [1.82, 2.24) is 14.2 Å². The molecule has 1 fully saturated rings. The molecule has 3 rings (SSSR count). The molecular formula is C29H40N5O10P. The number of ether oxygens (including phenoxy) is 3. The monoisotopic (exact) mass is 649 g/mol. The molecule has 45 heavy (non-hydrogen) atoms. The summed E-state index contributed by atoms with van der Waals surface area (Å²) in [6, 6.07) is 8.30. The Balaban J connectivity index is 1.78. The number of carbonyl (C=O) groups is 1. The van der Waals surface area contributed by atoms with Gasteiger partial charge in [0.1, 0.15) is 25.5 Å². The van der Waals surface area contributed by atoms with Crippen LogP contribution >= 0.6 is 8.53 Å². The number of aromatic nitrogens is 2. The van der Waals surface area contributed by atoms with E-state index in [-0.39, 0.29) is 50.4 Å². The van der Waals surface area contributed by atoms with Gasteiger partial charge in [-0.15, -0.1) is 0 Å². The Morgan fingerprint density at radius 2 is 1.91 bits per heavy atom. The third kappa shape index (κ3) is 9.66. The Bertz CT molecular complexity index is 1460. The van der Waals surface area contributed by atoms with E-state index in [0.717, 1.165) is 0 Å². The van der Waals surface area contributed by atoms with Crippen LogP contribution < -0.4 is 11.2 Å². The van der Waals surface area contributed by atoms with Crippen LogP contribution in [0.2, 0.25) is 0 Å². The number of nitro groups is 1. The van der Waals surface area contributed by atoms with E-state index in [2.05, 4.69) is 11.1 Å². The molecule has 0 radical (unpaired) electrons. The van der Waals surface area contributed by atoms with Crippen molar-refractivity contribution in [3.8, 4) is 6.07 Å². The predicted octanol–water partition coefficient (Wildman–Crippen LogP) is 4.66. The van der Waals surface area contributed by atoms with E-state index < -0.39 is 55.2 Å². The fraction of sp³-hybridized carbons (Fsp3) is 0.586. The summed E-state index contributed by atoms with van der Waals surface area (Å²) in [7, 11) is -1.70. The lowest BCUT2D eigenvalue weighted by atomic mass is 10.0. The standard InChI is InChI=1S/C29H40N5O10P/c1-18(2)33(19(3)4)45(42-13-9-12-30)44-24-14-26(32-15-20(5)27(35)31-28(32)36)43-25(24)17-41-29(37)40-16-21(6)22-10-7-8-11-23(22)34(38)39/h7-8,10-11,15,18-19,21,24-26H,9,13-14,16-17H2,1-6H3,(H,31,35,36)/t21?,24-,25+,26+,45?/m0/s1. The van der Waals surface area contributed by atoms with E-state index in [1.807, 2.05) is 32.4 Å². The van der Waals surface area contributed by atoms with Gasteiger partial charge in [0, 0.05) is 47.8 Å².